The first-order valence-electron chi connectivity index (χ1n) is 13.5. The Labute approximate surface area is 236 Å². The molecule has 2 heterocycles. The number of carbonyl (C=O) groups excluding carboxylic acids is 1. The van der Waals surface area contributed by atoms with Gasteiger partial charge in [0, 0.05) is 58.6 Å². The van der Waals surface area contributed by atoms with Crippen LogP contribution in [-0.4, -0.2) is 45.2 Å². The molecule has 7 nitrogen and oxygen atoms in total. The van der Waals surface area contributed by atoms with Crippen molar-refractivity contribution in [3.05, 3.63) is 60.4 Å². The maximum atomic E-state index is 13.9. The number of nitrogens with zero attached hydrogens (tertiary/aromatic N) is 3. The van der Waals surface area contributed by atoms with Crippen molar-refractivity contribution in [3.8, 4) is 28.8 Å². The second-order valence-electron chi connectivity index (χ2n) is 10.6. The van der Waals surface area contributed by atoms with Crippen LogP contribution in [0.1, 0.15) is 46.0 Å². The lowest BCUT2D eigenvalue weighted by molar-refractivity contribution is -0.127. The molecule has 0 atom stereocenters. The van der Waals surface area contributed by atoms with Gasteiger partial charge in [-0.05, 0) is 51.0 Å². The first kappa shape index (κ1) is 29.4. The molecule has 5 rings (SSSR count). The van der Waals surface area contributed by atoms with Gasteiger partial charge in [0.05, 0.1) is 11.6 Å². The van der Waals surface area contributed by atoms with Crippen LogP contribution in [0.2, 0.25) is 0 Å². The van der Waals surface area contributed by atoms with Crippen molar-refractivity contribution in [2.45, 2.75) is 51.5 Å². The van der Waals surface area contributed by atoms with E-state index in [1.54, 1.807) is 13.8 Å². The average Bonchev–Trinajstić information content (AvgIpc) is 3.44. The number of nitriles is 1. The zero-order valence-electron chi connectivity index (χ0n) is 22.8. The lowest BCUT2D eigenvalue weighted by Gasteiger charge is -2.28. The van der Waals surface area contributed by atoms with Crippen molar-refractivity contribution < 1.29 is 22.2 Å². The number of benzene rings is 2. The number of hydrogen-bond donors (Lipinski definition) is 1. The van der Waals surface area contributed by atoms with E-state index in [9.17, 15) is 17.8 Å². The fraction of sp³-hybridized carbons (Fsp3) is 0.433. The van der Waals surface area contributed by atoms with Crippen LogP contribution < -0.4 is 10.2 Å². The lowest BCUT2D eigenvalue weighted by Crippen LogP contribution is -2.45. The highest BCUT2D eigenvalue weighted by Crippen LogP contribution is 2.28. The second-order valence-corrected chi connectivity index (χ2v) is 12.3. The van der Waals surface area contributed by atoms with Gasteiger partial charge in [-0.3, -0.25) is 9.00 Å². The summed E-state index contributed by atoms with van der Waals surface area (Å²) in [5.74, 6) is 0.328. The number of halogens is 2. The van der Waals surface area contributed by atoms with E-state index >= 15 is 0 Å². The third kappa shape index (κ3) is 7.75. The van der Waals surface area contributed by atoms with Crippen molar-refractivity contribution in [1.82, 2.24) is 10.3 Å². The number of anilines is 1. The van der Waals surface area contributed by atoms with Gasteiger partial charge in [0.1, 0.15) is 29.1 Å². The monoisotopic (exact) mass is 568 g/mol. The van der Waals surface area contributed by atoms with Crippen molar-refractivity contribution in [2.75, 3.05) is 29.5 Å². The Kier molecular flexibility index (Phi) is 9.69. The van der Waals surface area contributed by atoms with Gasteiger partial charge < -0.3 is 14.6 Å². The number of carbonyl (C=O) groups is 1. The van der Waals surface area contributed by atoms with Crippen molar-refractivity contribution in [3.63, 3.8) is 0 Å². The van der Waals surface area contributed by atoms with Crippen molar-refractivity contribution in [2.24, 2.45) is 5.92 Å². The predicted octanol–water partition coefficient (Wildman–Crippen LogP) is 5.84. The van der Waals surface area contributed by atoms with Gasteiger partial charge in [0.15, 0.2) is 0 Å². The van der Waals surface area contributed by atoms with E-state index in [0.717, 1.165) is 56.1 Å². The molecule has 0 spiro atoms. The highest BCUT2D eigenvalue weighted by atomic mass is 32.2. The zero-order chi connectivity index (χ0) is 28.7. The van der Waals surface area contributed by atoms with Crippen LogP contribution in [0.15, 0.2) is 53.1 Å². The second kappa shape index (κ2) is 13.2. The van der Waals surface area contributed by atoms with Crippen LogP contribution in [0, 0.1) is 28.9 Å². The largest absolute Gasteiger partial charge is 0.444 e. The van der Waals surface area contributed by atoms with Crippen LogP contribution in [0.5, 0.6) is 0 Å². The Morgan fingerprint density at radius 2 is 1.77 bits per heavy atom. The molecule has 1 aliphatic carbocycles. The number of oxazole rings is 1. The number of amides is 1. The fourth-order valence-corrected chi connectivity index (χ4v) is 5.79. The predicted molar refractivity (Wildman–Crippen MR) is 152 cm³/mol. The molecular formula is C30H34F2N4O3S. The van der Waals surface area contributed by atoms with E-state index in [-0.39, 0.29) is 23.3 Å². The standard InChI is InChI=1S/C19H16F2N2O2S.C11H18N2O/c20-14-3-6-16(17(21)11-14)19-22-18(12-25-19)13-1-4-15(5-2-13)23-7-9-26(24)10-8-23;1-11(2,8-12)13-10(14)9-6-4-3-5-7-9/h1-6,11-12H,7-10H2;9H,3-7H2,1-2H3,(H,13,14). The van der Waals surface area contributed by atoms with Gasteiger partial charge in [-0.15, -0.1) is 0 Å². The Morgan fingerprint density at radius 3 is 2.40 bits per heavy atom. The zero-order valence-corrected chi connectivity index (χ0v) is 23.6. The van der Waals surface area contributed by atoms with E-state index in [1.807, 2.05) is 24.3 Å². The van der Waals surface area contributed by atoms with Crippen LogP contribution in [-0.2, 0) is 15.6 Å². The molecule has 40 heavy (non-hydrogen) atoms. The summed E-state index contributed by atoms with van der Waals surface area (Å²) in [5.41, 5.74) is 1.88. The summed E-state index contributed by atoms with van der Waals surface area (Å²) in [6.07, 6.45) is 6.94. The summed E-state index contributed by atoms with van der Waals surface area (Å²) < 4.78 is 43.7. The van der Waals surface area contributed by atoms with E-state index in [1.165, 1.54) is 24.8 Å². The molecule has 0 unspecified atom stereocenters. The van der Waals surface area contributed by atoms with Crippen LogP contribution in [0.25, 0.3) is 22.7 Å². The molecule has 10 heteroatoms. The van der Waals surface area contributed by atoms with Crippen molar-refractivity contribution in [1.29, 1.82) is 5.26 Å². The summed E-state index contributed by atoms with van der Waals surface area (Å²) >= 11 is 0. The normalized spacial score (nSPS) is 16.5. The van der Waals surface area contributed by atoms with E-state index in [4.69, 9.17) is 9.68 Å². The molecule has 1 saturated heterocycles. The molecule has 1 aromatic heterocycles. The van der Waals surface area contributed by atoms with Crippen LogP contribution in [0.4, 0.5) is 14.5 Å². The summed E-state index contributed by atoms with van der Waals surface area (Å²) in [5, 5.41) is 11.6. The molecule has 0 bridgehead atoms. The Hall–Kier alpha value is -3.58. The molecule has 2 aliphatic rings. The molecule has 1 aliphatic heterocycles. The van der Waals surface area contributed by atoms with E-state index < -0.39 is 28.0 Å². The van der Waals surface area contributed by atoms with Gasteiger partial charge in [-0.1, -0.05) is 31.4 Å². The van der Waals surface area contributed by atoms with Gasteiger partial charge >= 0.3 is 0 Å². The molecule has 3 aromatic rings. The minimum absolute atomic E-state index is 0.0521. The first-order chi connectivity index (χ1) is 19.1. The maximum Gasteiger partial charge on any atom is 0.229 e. The Morgan fingerprint density at radius 1 is 1.10 bits per heavy atom. The Bertz CT molecular complexity index is 1370. The highest BCUT2D eigenvalue weighted by Gasteiger charge is 2.26. The first-order valence-corrected chi connectivity index (χ1v) is 15.0. The summed E-state index contributed by atoms with van der Waals surface area (Å²) in [6.45, 7) is 5.02. The fourth-order valence-electron chi connectivity index (χ4n) is 4.73. The van der Waals surface area contributed by atoms with Gasteiger partial charge in [0.2, 0.25) is 11.8 Å². The smallest absolute Gasteiger partial charge is 0.229 e. The molecule has 1 saturated carbocycles. The summed E-state index contributed by atoms with van der Waals surface area (Å²) in [6, 6.07) is 13.2. The Balaban J connectivity index is 0.000000224. The molecule has 212 valence electrons. The SMILES string of the molecule is CC(C)(C#N)NC(=O)C1CCCCC1.O=S1CCN(c2ccc(-c3coc(-c4ccc(F)cc4F)n3)cc2)CC1. The maximum absolute atomic E-state index is 13.9. The summed E-state index contributed by atoms with van der Waals surface area (Å²) in [7, 11) is -0.706. The molecule has 2 fully saturated rings. The van der Waals surface area contributed by atoms with Gasteiger partial charge in [0.25, 0.3) is 0 Å². The van der Waals surface area contributed by atoms with Gasteiger partial charge in [-0.25, -0.2) is 13.8 Å². The molecule has 1 amide bonds. The third-order valence-electron chi connectivity index (χ3n) is 7.06. The van der Waals surface area contributed by atoms with Gasteiger partial charge in [-0.2, -0.15) is 5.26 Å². The van der Waals surface area contributed by atoms with E-state index in [0.29, 0.717) is 17.2 Å². The minimum Gasteiger partial charge on any atom is -0.444 e. The number of hydrogen-bond acceptors (Lipinski definition) is 6. The summed E-state index contributed by atoms with van der Waals surface area (Å²) in [4.78, 5) is 18.2. The number of nitrogens with one attached hydrogen (secondary N) is 1. The third-order valence-corrected chi connectivity index (χ3v) is 8.34. The van der Waals surface area contributed by atoms with Crippen molar-refractivity contribution >= 4 is 22.4 Å². The quantitative estimate of drug-likeness (QED) is 0.415. The topological polar surface area (TPSA) is 99.2 Å². The van der Waals surface area contributed by atoms with Crippen LogP contribution >= 0.6 is 0 Å². The highest BCUT2D eigenvalue weighted by molar-refractivity contribution is 7.85. The van der Waals surface area contributed by atoms with Crippen LogP contribution in [0.3, 0.4) is 0 Å². The molecule has 1 N–H and O–H groups in total. The molecule has 0 radical (unpaired) electrons. The van der Waals surface area contributed by atoms with E-state index in [2.05, 4.69) is 21.3 Å². The number of aromatic nitrogens is 1. The molecular weight excluding hydrogens is 534 g/mol. The minimum atomic E-state index is -0.728. The average molecular weight is 569 g/mol. The lowest BCUT2D eigenvalue weighted by atomic mass is 9.88. The number of rotatable bonds is 5. The molecule has 2 aromatic carbocycles.